The molecule has 0 amide bonds. The summed E-state index contributed by atoms with van der Waals surface area (Å²) in [6.07, 6.45) is 0. The van der Waals surface area contributed by atoms with Crippen molar-refractivity contribution in [3.8, 4) is 0 Å². The van der Waals surface area contributed by atoms with Crippen LogP contribution >= 0.6 is 23.1 Å². The fourth-order valence-electron chi connectivity index (χ4n) is 1.79. The van der Waals surface area contributed by atoms with Crippen molar-refractivity contribution in [1.82, 2.24) is 14.9 Å². The zero-order valence-corrected chi connectivity index (χ0v) is 11.6. The van der Waals surface area contributed by atoms with Gasteiger partial charge in [-0.1, -0.05) is 29.1 Å². The largest absolute Gasteiger partial charge is 0.306 e. The zero-order chi connectivity index (χ0) is 13.1. The molecule has 0 aliphatic carbocycles. The van der Waals surface area contributed by atoms with Crippen molar-refractivity contribution in [3.63, 3.8) is 0 Å². The fraction of sp³-hybridized carbons (Fsp3) is 0.333. The highest BCUT2D eigenvalue weighted by molar-refractivity contribution is 7.05. The van der Waals surface area contributed by atoms with E-state index in [1.54, 1.807) is 12.1 Å². The van der Waals surface area contributed by atoms with E-state index in [4.69, 9.17) is 11.6 Å². The minimum Gasteiger partial charge on any atom is -0.306 e. The topological polar surface area (TPSA) is 37.8 Å². The van der Waals surface area contributed by atoms with E-state index >= 15 is 0 Å². The van der Waals surface area contributed by atoms with Gasteiger partial charge in [0.2, 0.25) is 0 Å². The molecule has 0 saturated carbocycles. The van der Waals surface area contributed by atoms with Gasteiger partial charge in [0, 0.05) is 10.6 Å². The average molecular weight is 286 g/mol. The molecule has 2 aromatic rings. The number of hydrogen-bond donors (Lipinski definition) is 1. The van der Waals surface area contributed by atoms with Gasteiger partial charge in [0.15, 0.2) is 0 Å². The molecular weight excluding hydrogens is 273 g/mol. The second kappa shape index (κ2) is 5.73. The molecule has 0 aliphatic heterocycles. The molecule has 1 aromatic carbocycles. The molecule has 0 spiro atoms. The third-order valence-corrected chi connectivity index (χ3v) is 3.76. The molecular formula is C12H13ClFN3S. The summed E-state index contributed by atoms with van der Waals surface area (Å²) in [5.74, 6) is -0.318. The molecule has 1 unspecified atom stereocenters. The number of nitrogens with zero attached hydrogens (tertiary/aromatic N) is 2. The van der Waals surface area contributed by atoms with Crippen molar-refractivity contribution in [2.24, 2.45) is 0 Å². The quantitative estimate of drug-likeness (QED) is 0.936. The number of aromatic nitrogens is 2. The zero-order valence-electron chi connectivity index (χ0n) is 10.1. The molecule has 6 heteroatoms. The van der Waals surface area contributed by atoms with Gasteiger partial charge in [0.05, 0.1) is 16.6 Å². The minimum atomic E-state index is -0.318. The van der Waals surface area contributed by atoms with Crippen LogP contribution < -0.4 is 5.32 Å². The number of benzene rings is 1. The SMILES string of the molecule is CCNC(c1ccc(Cl)cc1F)c1snnc1C. The summed E-state index contributed by atoms with van der Waals surface area (Å²) in [5.41, 5.74) is 1.38. The standard InChI is InChI=1S/C12H13ClFN3S/c1-3-15-11(12-7(2)16-17-18-12)9-5-4-8(13)6-10(9)14/h4-6,11,15H,3H2,1-2H3. The Hall–Kier alpha value is -1.04. The van der Waals surface area contributed by atoms with Gasteiger partial charge in [-0.3, -0.25) is 0 Å². The highest BCUT2D eigenvalue weighted by Gasteiger charge is 2.21. The predicted octanol–water partition coefficient (Wildman–Crippen LogP) is 3.34. The van der Waals surface area contributed by atoms with E-state index in [1.807, 2.05) is 13.8 Å². The van der Waals surface area contributed by atoms with Crippen molar-refractivity contribution in [1.29, 1.82) is 0 Å². The van der Waals surface area contributed by atoms with Gasteiger partial charge in [0.1, 0.15) is 5.82 Å². The highest BCUT2D eigenvalue weighted by atomic mass is 35.5. The van der Waals surface area contributed by atoms with E-state index in [0.29, 0.717) is 10.6 Å². The minimum absolute atomic E-state index is 0.229. The van der Waals surface area contributed by atoms with E-state index in [2.05, 4.69) is 14.9 Å². The van der Waals surface area contributed by atoms with Crippen molar-refractivity contribution in [2.75, 3.05) is 6.54 Å². The lowest BCUT2D eigenvalue weighted by molar-refractivity contribution is 0.561. The number of rotatable bonds is 4. The molecule has 2 rings (SSSR count). The maximum absolute atomic E-state index is 14.0. The first-order valence-corrected chi connectivity index (χ1v) is 6.75. The second-order valence-electron chi connectivity index (χ2n) is 3.88. The Morgan fingerprint density at radius 1 is 1.50 bits per heavy atom. The monoisotopic (exact) mass is 285 g/mol. The number of nitrogens with one attached hydrogen (secondary N) is 1. The number of aryl methyl sites for hydroxylation is 1. The Kier molecular flexibility index (Phi) is 4.27. The molecule has 18 heavy (non-hydrogen) atoms. The van der Waals surface area contributed by atoms with E-state index in [0.717, 1.165) is 17.1 Å². The lowest BCUT2D eigenvalue weighted by atomic mass is 10.0. The summed E-state index contributed by atoms with van der Waals surface area (Å²) in [6.45, 7) is 4.58. The summed E-state index contributed by atoms with van der Waals surface area (Å²) >= 11 is 7.05. The lowest BCUT2D eigenvalue weighted by Crippen LogP contribution is -2.22. The van der Waals surface area contributed by atoms with E-state index in [-0.39, 0.29) is 11.9 Å². The van der Waals surface area contributed by atoms with Gasteiger partial charge < -0.3 is 5.32 Å². The molecule has 96 valence electrons. The van der Waals surface area contributed by atoms with Crippen LogP contribution in [0.3, 0.4) is 0 Å². The van der Waals surface area contributed by atoms with Crippen molar-refractivity contribution < 1.29 is 4.39 Å². The maximum Gasteiger partial charge on any atom is 0.129 e. The third-order valence-electron chi connectivity index (χ3n) is 2.63. The molecule has 1 aromatic heterocycles. The summed E-state index contributed by atoms with van der Waals surface area (Å²) in [6, 6.07) is 4.48. The molecule has 0 fully saturated rings. The average Bonchev–Trinajstić information content (AvgIpc) is 2.73. The van der Waals surface area contributed by atoms with Crippen LogP contribution in [-0.4, -0.2) is 16.1 Å². The first-order chi connectivity index (χ1) is 8.63. The number of halogens is 2. The predicted molar refractivity (Wildman–Crippen MR) is 71.6 cm³/mol. The molecule has 0 saturated heterocycles. The van der Waals surface area contributed by atoms with Crippen LogP contribution in [0.25, 0.3) is 0 Å². The van der Waals surface area contributed by atoms with Gasteiger partial charge in [-0.15, -0.1) is 5.10 Å². The first-order valence-electron chi connectivity index (χ1n) is 5.60. The molecule has 1 N–H and O–H groups in total. The van der Waals surface area contributed by atoms with Crippen molar-refractivity contribution in [3.05, 3.63) is 45.2 Å². The van der Waals surface area contributed by atoms with Crippen LogP contribution in [0.2, 0.25) is 5.02 Å². The second-order valence-corrected chi connectivity index (χ2v) is 5.10. The Bertz CT molecular complexity index is 544. The Morgan fingerprint density at radius 2 is 2.28 bits per heavy atom. The number of hydrogen-bond acceptors (Lipinski definition) is 4. The highest BCUT2D eigenvalue weighted by Crippen LogP contribution is 2.29. The molecule has 0 radical (unpaired) electrons. The van der Waals surface area contributed by atoms with Crippen LogP contribution in [0.1, 0.15) is 29.1 Å². The van der Waals surface area contributed by atoms with Crippen molar-refractivity contribution in [2.45, 2.75) is 19.9 Å². The maximum atomic E-state index is 14.0. The molecule has 1 heterocycles. The first kappa shape index (κ1) is 13.4. The molecule has 0 bridgehead atoms. The van der Waals surface area contributed by atoms with Crippen molar-refractivity contribution >= 4 is 23.1 Å². The van der Waals surface area contributed by atoms with Gasteiger partial charge in [-0.05, 0) is 37.1 Å². The van der Waals surface area contributed by atoms with Crippen LogP contribution in [0.15, 0.2) is 18.2 Å². The van der Waals surface area contributed by atoms with Crippen LogP contribution in [0.5, 0.6) is 0 Å². The van der Waals surface area contributed by atoms with Crippen LogP contribution in [-0.2, 0) is 0 Å². The Labute approximate surface area is 114 Å². The van der Waals surface area contributed by atoms with E-state index in [1.165, 1.54) is 17.6 Å². The summed E-state index contributed by atoms with van der Waals surface area (Å²) < 4.78 is 17.9. The summed E-state index contributed by atoms with van der Waals surface area (Å²) in [7, 11) is 0. The lowest BCUT2D eigenvalue weighted by Gasteiger charge is -2.17. The van der Waals surface area contributed by atoms with Gasteiger partial charge in [-0.2, -0.15) is 0 Å². The Morgan fingerprint density at radius 3 is 2.83 bits per heavy atom. The summed E-state index contributed by atoms with van der Waals surface area (Å²) in [4.78, 5) is 0.929. The molecule has 1 atom stereocenters. The molecule has 3 nitrogen and oxygen atoms in total. The van der Waals surface area contributed by atoms with Gasteiger partial charge in [0.25, 0.3) is 0 Å². The normalized spacial score (nSPS) is 12.7. The fourth-order valence-corrected chi connectivity index (χ4v) is 2.68. The summed E-state index contributed by atoms with van der Waals surface area (Å²) in [5, 5.41) is 7.62. The third kappa shape index (κ3) is 2.68. The Balaban J connectivity index is 2.45. The van der Waals surface area contributed by atoms with Crippen LogP contribution in [0, 0.1) is 12.7 Å². The van der Waals surface area contributed by atoms with E-state index < -0.39 is 0 Å². The van der Waals surface area contributed by atoms with Gasteiger partial charge in [-0.25, -0.2) is 4.39 Å². The smallest absolute Gasteiger partial charge is 0.129 e. The van der Waals surface area contributed by atoms with E-state index in [9.17, 15) is 4.39 Å². The van der Waals surface area contributed by atoms with Crippen LogP contribution in [0.4, 0.5) is 4.39 Å². The van der Waals surface area contributed by atoms with Gasteiger partial charge >= 0.3 is 0 Å². The molecule has 0 aliphatic rings.